The average molecular weight is 645 g/mol. The zero-order valence-corrected chi connectivity index (χ0v) is 27.3. The molecule has 0 radical (unpaired) electrons. The molecule has 0 bridgehead atoms. The molecule has 248 valence electrons. The Labute approximate surface area is 274 Å². The lowest BCUT2D eigenvalue weighted by molar-refractivity contribution is -0.146. The van der Waals surface area contributed by atoms with E-state index in [-0.39, 0.29) is 30.5 Å². The van der Waals surface area contributed by atoms with Crippen LogP contribution in [0.4, 0.5) is 4.39 Å². The van der Waals surface area contributed by atoms with Gasteiger partial charge < -0.3 is 29.2 Å². The third-order valence-electron chi connectivity index (χ3n) is 8.38. The van der Waals surface area contributed by atoms with Crippen LogP contribution >= 0.6 is 0 Å². The first-order valence-electron chi connectivity index (χ1n) is 15.6. The third kappa shape index (κ3) is 8.55. The van der Waals surface area contributed by atoms with Gasteiger partial charge in [-0.15, -0.1) is 0 Å². The Balaban J connectivity index is 1.30. The van der Waals surface area contributed by atoms with E-state index < -0.39 is 5.97 Å². The van der Waals surface area contributed by atoms with Crippen LogP contribution in [0.15, 0.2) is 60.3 Å². The number of hydrogen-bond donors (Lipinski definition) is 1. The van der Waals surface area contributed by atoms with E-state index in [1.807, 2.05) is 31.2 Å². The molecule has 2 aromatic carbocycles. The first-order valence-corrected chi connectivity index (χ1v) is 15.6. The smallest absolute Gasteiger partial charge is 0.344 e. The van der Waals surface area contributed by atoms with Gasteiger partial charge in [-0.2, -0.15) is 0 Å². The molecular weight excluding hydrogens is 603 g/mol. The number of hydrogen-bond acceptors (Lipinski definition) is 9. The fraction of sp³-hybridized carbons (Fsp3) is 0.361. The van der Waals surface area contributed by atoms with Gasteiger partial charge in [-0.3, -0.25) is 14.7 Å². The van der Waals surface area contributed by atoms with Gasteiger partial charge in [0.15, 0.2) is 18.1 Å². The SMILES string of the molecule is COc1cc(/C=C2/C(C)=C(CC(=O)NCc3ccccn3)c3cc(F)ccc32)cc(OC)c1OCC(=O)OCCN1CCN(C)CC1. The lowest BCUT2D eigenvalue weighted by Crippen LogP contribution is -2.45. The molecule has 1 aliphatic heterocycles. The quantitative estimate of drug-likeness (QED) is 0.271. The minimum absolute atomic E-state index is 0.0807. The highest BCUT2D eigenvalue weighted by atomic mass is 19.1. The van der Waals surface area contributed by atoms with E-state index in [1.54, 1.807) is 24.4 Å². The Hall–Kier alpha value is -4.74. The fourth-order valence-electron chi connectivity index (χ4n) is 5.72. The fourth-order valence-corrected chi connectivity index (χ4v) is 5.72. The molecule has 10 nitrogen and oxygen atoms in total. The Morgan fingerprint density at radius 1 is 1.00 bits per heavy atom. The van der Waals surface area contributed by atoms with Crippen LogP contribution in [-0.4, -0.2) is 93.9 Å². The van der Waals surface area contributed by atoms with E-state index in [1.165, 1.54) is 26.4 Å². The summed E-state index contributed by atoms with van der Waals surface area (Å²) in [6.07, 6.45) is 3.69. The molecule has 0 spiro atoms. The largest absolute Gasteiger partial charge is 0.493 e. The first kappa shape index (κ1) is 33.6. The van der Waals surface area contributed by atoms with Gasteiger partial charge in [0, 0.05) is 38.9 Å². The molecule has 2 aliphatic rings. The molecule has 1 aromatic heterocycles. The number of fused-ring (bicyclic) bond motifs is 1. The van der Waals surface area contributed by atoms with E-state index in [2.05, 4.69) is 27.1 Å². The van der Waals surface area contributed by atoms with Gasteiger partial charge in [0.1, 0.15) is 12.4 Å². The third-order valence-corrected chi connectivity index (χ3v) is 8.38. The van der Waals surface area contributed by atoms with Crippen molar-refractivity contribution in [3.63, 3.8) is 0 Å². The van der Waals surface area contributed by atoms with Crippen LogP contribution in [0.3, 0.4) is 0 Å². The van der Waals surface area contributed by atoms with Gasteiger partial charge >= 0.3 is 5.97 Å². The molecule has 11 heteroatoms. The molecule has 1 saturated heterocycles. The van der Waals surface area contributed by atoms with E-state index in [0.29, 0.717) is 36.8 Å². The van der Waals surface area contributed by atoms with Crippen molar-refractivity contribution in [3.8, 4) is 17.2 Å². The number of halogens is 1. The molecule has 5 rings (SSSR count). The summed E-state index contributed by atoms with van der Waals surface area (Å²) in [6.45, 7) is 6.77. The predicted octanol–water partition coefficient (Wildman–Crippen LogP) is 4.44. The number of esters is 1. The second-order valence-corrected chi connectivity index (χ2v) is 11.5. The molecule has 1 aliphatic carbocycles. The number of nitrogens with one attached hydrogen (secondary N) is 1. The lowest BCUT2D eigenvalue weighted by atomic mass is 10.00. The van der Waals surface area contributed by atoms with Crippen molar-refractivity contribution in [2.45, 2.75) is 19.9 Å². The molecule has 0 saturated carbocycles. The standard InChI is InChI=1S/C36H41FN4O6/c1-24-29(28-9-8-26(37)20-31(28)30(24)21-34(42)39-22-27-7-5-6-10-38-27)17-25-18-32(44-3)36(33(19-25)45-4)47-23-35(43)46-16-15-41-13-11-40(2)12-14-41/h5-10,17-20H,11-16,21-23H2,1-4H3,(H,39,42)/b29-17-. The highest BCUT2D eigenvalue weighted by Gasteiger charge is 2.26. The number of methoxy groups -OCH3 is 2. The molecule has 1 fully saturated rings. The number of likely N-dealkylation sites (N-methyl/N-ethyl adjacent to an activating group) is 1. The van der Waals surface area contributed by atoms with Gasteiger partial charge in [-0.25, -0.2) is 9.18 Å². The maximum Gasteiger partial charge on any atom is 0.344 e. The number of ether oxygens (including phenoxy) is 4. The van der Waals surface area contributed by atoms with Crippen LogP contribution in [-0.2, 0) is 20.9 Å². The van der Waals surface area contributed by atoms with Crippen molar-refractivity contribution in [2.75, 3.05) is 67.2 Å². The van der Waals surface area contributed by atoms with Crippen molar-refractivity contribution in [1.29, 1.82) is 0 Å². The first-order chi connectivity index (χ1) is 22.7. The number of pyridine rings is 1. The van der Waals surface area contributed by atoms with Gasteiger partial charge in [-0.1, -0.05) is 12.1 Å². The van der Waals surface area contributed by atoms with Gasteiger partial charge in [0.25, 0.3) is 0 Å². The van der Waals surface area contributed by atoms with Crippen molar-refractivity contribution in [1.82, 2.24) is 20.1 Å². The maximum absolute atomic E-state index is 14.4. The number of rotatable bonds is 13. The van der Waals surface area contributed by atoms with Crippen molar-refractivity contribution in [3.05, 3.63) is 88.5 Å². The number of piperazine rings is 1. The maximum atomic E-state index is 14.4. The molecule has 2 heterocycles. The summed E-state index contributed by atoms with van der Waals surface area (Å²) in [6, 6.07) is 13.7. The normalized spacial score (nSPS) is 15.8. The van der Waals surface area contributed by atoms with Crippen molar-refractivity contribution in [2.24, 2.45) is 0 Å². The zero-order chi connectivity index (χ0) is 33.3. The zero-order valence-electron chi connectivity index (χ0n) is 27.3. The summed E-state index contributed by atoms with van der Waals surface area (Å²) in [4.78, 5) is 34.2. The summed E-state index contributed by atoms with van der Waals surface area (Å²) >= 11 is 0. The number of benzene rings is 2. The Morgan fingerprint density at radius 3 is 2.43 bits per heavy atom. The van der Waals surface area contributed by atoms with Gasteiger partial charge in [0.2, 0.25) is 11.7 Å². The number of aromatic nitrogens is 1. The molecular formula is C36H41FN4O6. The number of allylic oxidation sites excluding steroid dienone is 2. The van der Waals surface area contributed by atoms with Crippen molar-refractivity contribution < 1.29 is 32.9 Å². The monoisotopic (exact) mass is 644 g/mol. The van der Waals surface area contributed by atoms with Gasteiger partial charge in [0.05, 0.1) is 32.9 Å². The number of carbonyl (C=O) groups excluding carboxylic acids is 2. The summed E-state index contributed by atoms with van der Waals surface area (Å²) < 4.78 is 36.9. The second kappa shape index (κ2) is 15.7. The summed E-state index contributed by atoms with van der Waals surface area (Å²) in [5.74, 6) is -0.0405. The highest BCUT2D eigenvalue weighted by Crippen LogP contribution is 2.45. The molecule has 0 unspecified atom stereocenters. The number of carbonyl (C=O) groups is 2. The summed E-state index contributed by atoms with van der Waals surface area (Å²) in [7, 11) is 5.11. The van der Waals surface area contributed by atoms with Crippen LogP contribution in [0.1, 0.15) is 35.7 Å². The number of nitrogens with zero attached hydrogens (tertiary/aromatic N) is 3. The predicted molar refractivity (Wildman–Crippen MR) is 178 cm³/mol. The van der Waals surface area contributed by atoms with Gasteiger partial charge in [-0.05, 0) is 89.9 Å². The topological polar surface area (TPSA) is 102 Å². The average Bonchev–Trinajstić information content (AvgIpc) is 3.32. The van der Waals surface area contributed by atoms with Crippen LogP contribution in [0, 0.1) is 5.82 Å². The van der Waals surface area contributed by atoms with E-state index >= 15 is 0 Å². The summed E-state index contributed by atoms with van der Waals surface area (Å²) in [5.41, 5.74) is 5.41. The number of amides is 1. The second-order valence-electron chi connectivity index (χ2n) is 11.5. The van der Waals surface area contributed by atoms with E-state index in [4.69, 9.17) is 18.9 Å². The minimum atomic E-state index is -0.485. The molecule has 47 heavy (non-hydrogen) atoms. The van der Waals surface area contributed by atoms with Crippen LogP contribution in [0.2, 0.25) is 0 Å². The minimum Gasteiger partial charge on any atom is -0.493 e. The van der Waals surface area contributed by atoms with E-state index in [0.717, 1.165) is 59.7 Å². The molecule has 3 aromatic rings. The Kier molecular flexibility index (Phi) is 11.2. The lowest BCUT2D eigenvalue weighted by Gasteiger charge is -2.32. The van der Waals surface area contributed by atoms with Crippen LogP contribution < -0.4 is 19.5 Å². The Bertz CT molecular complexity index is 1630. The van der Waals surface area contributed by atoms with E-state index in [9.17, 15) is 14.0 Å². The molecule has 1 N–H and O–H groups in total. The highest BCUT2D eigenvalue weighted by molar-refractivity contribution is 6.08. The molecule has 0 atom stereocenters. The molecule has 1 amide bonds. The summed E-state index contributed by atoms with van der Waals surface area (Å²) in [5, 5.41) is 2.91. The van der Waals surface area contributed by atoms with Crippen molar-refractivity contribution >= 4 is 29.1 Å². The Morgan fingerprint density at radius 2 is 1.74 bits per heavy atom. The van der Waals surface area contributed by atoms with Crippen LogP contribution in [0.25, 0.3) is 17.2 Å². The van der Waals surface area contributed by atoms with Crippen LogP contribution in [0.5, 0.6) is 17.2 Å².